The fraction of sp³-hybridized carbons (Fsp3) is 0.200. The van der Waals surface area contributed by atoms with E-state index in [1.165, 1.54) is 4.90 Å². The van der Waals surface area contributed by atoms with E-state index in [1.54, 1.807) is 18.9 Å². The Hall–Kier alpha value is -1.32. The van der Waals surface area contributed by atoms with Crippen LogP contribution >= 0.6 is 23.4 Å². The molecule has 2 nitrogen and oxygen atoms in total. The van der Waals surface area contributed by atoms with Crippen LogP contribution in [0.2, 0.25) is 5.02 Å². The molecule has 0 aliphatic carbocycles. The normalized spacial score (nSPS) is 10.3. The van der Waals surface area contributed by atoms with Crippen molar-refractivity contribution in [2.45, 2.75) is 11.4 Å². The van der Waals surface area contributed by atoms with E-state index < -0.39 is 0 Å². The number of anilines is 1. The Bertz CT molecular complexity index is 542. The monoisotopic (exact) mass is 293 g/mol. The Balaban J connectivity index is 1.99. The quantitative estimate of drug-likeness (QED) is 0.809. The molecule has 2 aromatic rings. The van der Waals surface area contributed by atoms with Crippen molar-refractivity contribution < 1.29 is 4.74 Å². The SMILES string of the molecule is COc1ccc(CNc2ccc(SC)cc2)cc1Cl. The minimum absolute atomic E-state index is 0.638. The predicted molar refractivity (Wildman–Crippen MR) is 83.6 cm³/mol. The maximum atomic E-state index is 6.10. The highest BCUT2D eigenvalue weighted by Gasteiger charge is 2.01. The fourth-order valence-corrected chi connectivity index (χ4v) is 2.42. The average molecular weight is 294 g/mol. The maximum absolute atomic E-state index is 6.10. The average Bonchev–Trinajstić information content (AvgIpc) is 2.46. The van der Waals surface area contributed by atoms with Gasteiger partial charge in [0.05, 0.1) is 12.1 Å². The van der Waals surface area contributed by atoms with Crippen LogP contribution in [0.5, 0.6) is 5.75 Å². The van der Waals surface area contributed by atoms with Crippen molar-refractivity contribution in [2.24, 2.45) is 0 Å². The minimum Gasteiger partial charge on any atom is -0.495 e. The molecule has 0 bridgehead atoms. The molecule has 0 fully saturated rings. The Labute approximate surface area is 123 Å². The molecule has 0 aromatic heterocycles. The first-order valence-electron chi connectivity index (χ1n) is 5.93. The molecule has 0 amide bonds. The summed E-state index contributed by atoms with van der Waals surface area (Å²) in [5.41, 5.74) is 2.23. The van der Waals surface area contributed by atoms with Gasteiger partial charge in [-0.15, -0.1) is 11.8 Å². The van der Waals surface area contributed by atoms with Crippen molar-refractivity contribution in [3.63, 3.8) is 0 Å². The summed E-state index contributed by atoms with van der Waals surface area (Å²) in [5.74, 6) is 0.703. The molecular weight excluding hydrogens is 278 g/mol. The van der Waals surface area contributed by atoms with Gasteiger partial charge in [-0.3, -0.25) is 0 Å². The van der Waals surface area contributed by atoms with Gasteiger partial charge in [0.2, 0.25) is 0 Å². The first-order valence-corrected chi connectivity index (χ1v) is 7.53. The summed E-state index contributed by atoms with van der Waals surface area (Å²) in [6.07, 6.45) is 2.07. The molecule has 100 valence electrons. The molecule has 0 heterocycles. The van der Waals surface area contributed by atoms with Crippen molar-refractivity contribution in [1.82, 2.24) is 0 Å². The third-order valence-corrected chi connectivity index (χ3v) is 3.84. The lowest BCUT2D eigenvalue weighted by molar-refractivity contribution is 0.415. The van der Waals surface area contributed by atoms with E-state index in [2.05, 4.69) is 35.8 Å². The Morgan fingerprint density at radius 1 is 1.16 bits per heavy atom. The molecule has 0 aliphatic heterocycles. The highest BCUT2D eigenvalue weighted by atomic mass is 35.5. The molecule has 0 radical (unpaired) electrons. The van der Waals surface area contributed by atoms with Crippen molar-refractivity contribution in [3.8, 4) is 5.75 Å². The molecule has 19 heavy (non-hydrogen) atoms. The Morgan fingerprint density at radius 2 is 1.89 bits per heavy atom. The van der Waals surface area contributed by atoms with Crippen molar-refractivity contribution in [2.75, 3.05) is 18.7 Å². The second-order valence-electron chi connectivity index (χ2n) is 4.05. The number of ether oxygens (including phenoxy) is 1. The summed E-state index contributed by atoms with van der Waals surface area (Å²) >= 11 is 7.83. The second kappa shape index (κ2) is 6.73. The zero-order valence-electron chi connectivity index (χ0n) is 10.9. The fourth-order valence-electron chi connectivity index (χ4n) is 1.73. The van der Waals surface area contributed by atoms with Crippen molar-refractivity contribution in [1.29, 1.82) is 0 Å². The lowest BCUT2D eigenvalue weighted by Crippen LogP contribution is -1.99. The van der Waals surface area contributed by atoms with Gasteiger partial charge in [0, 0.05) is 17.1 Å². The molecule has 0 unspecified atom stereocenters. The largest absolute Gasteiger partial charge is 0.495 e. The van der Waals surface area contributed by atoms with Crippen molar-refractivity contribution >= 4 is 29.1 Å². The highest BCUT2D eigenvalue weighted by molar-refractivity contribution is 7.98. The van der Waals surface area contributed by atoms with Crippen LogP contribution in [0.15, 0.2) is 47.4 Å². The van der Waals surface area contributed by atoms with Gasteiger partial charge in [0.25, 0.3) is 0 Å². The number of nitrogens with one attached hydrogen (secondary N) is 1. The van der Waals surface area contributed by atoms with E-state index in [1.807, 2.05) is 18.2 Å². The van der Waals surface area contributed by atoms with E-state index in [0.717, 1.165) is 17.8 Å². The summed E-state index contributed by atoms with van der Waals surface area (Å²) in [6, 6.07) is 14.2. The van der Waals surface area contributed by atoms with Crippen LogP contribution in [0, 0.1) is 0 Å². The van der Waals surface area contributed by atoms with Gasteiger partial charge >= 0.3 is 0 Å². The molecular formula is C15H16ClNOS. The predicted octanol–water partition coefficient (Wildman–Crippen LogP) is 4.68. The van der Waals surface area contributed by atoms with E-state index in [-0.39, 0.29) is 0 Å². The van der Waals surface area contributed by atoms with Gasteiger partial charge in [-0.1, -0.05) is 17.7 Å². The summed E-state index contributed by atoms with van der Waals surface area (Å²) in [6.45, 7) is 0.738. The standard InChI is InChI=1S/C15H16ClNOS/c1-18-15-8-3-11(9-14(15)16)10-17-12-4-6-13(19-2)7-5-12/h3-9,17H,10H2,1-2H3. The lowest BCUT2D eigenvalue weighted by atomic mass is 10.2. The van der Waals surface area contributed by atoms with Gasteiger partial charge in [0.1, 0.15) is 5.75 Å². The third kappa shape index (κ3) is 3.82. The highest BCUT2D eigenvalue weighted by Crippen LogP contribution is 2.25. The first-order chi connectivity index (χ1) is 9.22. The summed E-state index contributed by atoms with van der Waals surface area (Å²) in [5, 5.41) is 4.01. The van der Waals surface area contributed by atoms with Crippen LogP contribution in [-0.2, 0) is 6.54 Å². The molecule has 0 saturated heterocycles. The van der Waals surface area contributed by atoms with Gasteiger partial charge in [-0.05, 0) is 48.2 Å². The summed E-state index contributed by atoms with van der Waals surface area (Å²) in [7, 11) is 1.62. The number of hydrogen-bond donors (Lipinski definition) is 1. The van der Waals surface area contributed by atoms with Gasteiger partial charge in [-0.25, -0.2) is 0 Å². The van der Waals surface area contributed by atoms with Crippen LogP contribution in [0.3, 0.4) is 0 Å². The topological polar surface area (TPSA) is 21.3 Å². The van der Waals surface area contributed by atoms with Gasteiger partial charge < -0.3 is 10.1 Å². The van der Waals surface area contributed by atoms with Crippen LogP contribution in [-0.4, -0.2) is 13.4 Å². The van der Waals surface area contributed by atoms with Gasteiger partial charge in [-0.2, -0.15) is 0 Å². The molecule has 2 rings (SSSR count). The molecule has 0 spiro atoms. The maximum Gasteiger partial charge on any atom is 0.137 e. The molecule has 2 aromatic carbocycles. The summed E-state index contributed by atoms with van der Waals surface area (Å²) < 4.78 is 5.13. The molecule has 1 N–H and O–H groups in total. The minimum atomic E-state index is 0.638. The molecule has 4 heteroatoms. The number of thioether (sulfide) groups is 1. The van der Waals surface area contributed by atoms with Gasteiger partial charge in [0.15, 0.2) is 0 Å². The summed E-state index contributed by atoms with van der Waals surface area (Å²) in [4.78, 5) is 1.26. The van der Waals surface area contributed by atoms with E-state index in [4.69, 9.17) is 16.3 Å². The molecule has 0 atom stereocenters. The third-order valence-electron chi connectivity index (χ3n) is 2.80. The zero-order chi connectivity index (χ0) is 13.7. The van der Waals surface area contributed by atoms with Crippen molar-refractivity contribution in [3.05, 3.63) is 53.1 Å². The van der Waals surface area contributed by atoms with Crippen LogP contribution in [0.25, 0.3) is 0 Å². The van der Waals surface area contributed by atoms with E-state index in [9.17, 15) is 0 Å². The Morgan fingerprint density at radius 3 is 2.47 bits per heavy atom. The first kappa shape index (κ1) is 14.1. The van der Waals surface area contributed by atoms with E-state index in [0.29, 0.717) is 10.8 Å². The second-order valence-corrected chi connectivity index (χ2v) is 5.34. The number of benzene rings is 2. The molecule has 0 aliphatic rings. The smallest absolute Gasteiger partial charge is 0.137 e. The number of rotatable bonds is 5. The molecule has 0 saturated carbocycles. The van der Waals surface area contributed by atoms with Crippen LogP contribution in [0.4, 0.5) is 5.69 Å². The van der Waals surface area contributed by atoms with Crippen LogP contribution < -0.4 is 10.1 Å². The van der Waals surface area contributed by atoms with Crippen LogP contribution in [0.1, 0.15) is 5.56 Å². The zero-order valence-corrected chi connectivity index (χ0v) is 12.5. The number of halogens is 1. The Kier molecular flexibility index (Phi) is 5.00. The van der Waals surface area contributed by atoms with E-state index >= 15 is 0 Å². The number of methoxy groups -OCH3 is 1. The lowest BCUT2D eigenvalue weighted by Gasteiger charge is -2.09. The number of hydrogen-bond acceptors (Lipinski definition) is 3.